The zero-order valence-electron chi connectivity index (χ0n) is 10.3. The minimum atomic E-state index is -2.57. The van der Waals surface area contributed by atoms with E-state index in [1.165, 1.54) is 20.0 Å². The molecule has 0 spiro atoms. The average Bonchev–Trinajstić information content (AvgIpc) is 3.08. The molecule has 1 fully saturated rings. The van der Waals surface area contributed by atoms with Crippen molar-refractivity contribution < 1.29 is 13.7 Å². The van der Waals surface area contributed by atoms with Crippen LogP contribution in [0.15, 0.2) is 0 Å². The van der Waals surface area contributed by atoms with Gasteiger partial charge in [0.05, 0.1) is 7.11 Å². The first-order valence-electron chi connectivity index (χ1n) is 6.02. The summed E-state index contributed by atoms with van der Waals surface area (Å²) in [5.41, 5.74) is 5.54. The summed E-state index contributed by atoms with van der Waals surface area (Å²) in [5, 5.41) is 0. The Labute approximate surface area is 103 Å². The summed E-state index contributed by atoms with van der Waals surface area (Å²) in [6.45, 7) is 0. The van der Waals surface area contributed by atoms with Crippen LogP contribution in [0.25, 0.3) is 0 Å². The average molecular weight is 262 g/mol. The smallest absolute Gasteiger partial charge is 0.322 e. The predicted molar refractivity (Wildman–Crippen MR) is 67.2 cm³/mol. The Bertz CT molecular complexity index is 350. The molecule has 1 unspecified atom stereocenters. The summed E-state index contributed by atoms with van der Waals surface area (Å²) in [5.74, 6) is 0.923. The molecule has 100 valence electrons. The number of hydrogen-bond donors (Lipinski definition) is 2. The minimum absolute atomic E-state index is 0.188. The maximum Gasteiger partial charge on any atom is 0.322 e. The molecule has 0 heterocycles. The molecule has 0 aromatic rings. The topological polar surface area (TPSA) is 93.2 Å². The Hall–Kier alpha value is -0.620. The van der Waals surface area contributed by atoms with Crippen molar-refractivity contribution in [3.63, 3.8) is 0 Å². The number of nitrogens with two attached hydrogens (primary N) is 1. The number of rotatable bonds is 8. The van der Waals surface area contributed by atoms with E-state index < -0.39 is 21.7 Å². The van der Waals surface area contributed by atoms with Crippen LogP contribution >= 0.6 is 0 Å². The fourth-order valence-electron chi connectivity index (χ4n) is 1.70. The van der Waals surface area contributed by atoms with Crippen molar-refractivity contribution in [2.45, 2.75) is 38.1 Å². The van der Waals surface area contributed by atoms with E-state index >= 15 is 0 Å². The molecule has 0 aromatic carbocycles. The lowest BCUT2D eigenvalue weighted by Gasteiger charge is -2.11. The van der Waals surface area contributed by atoms with Crippen molar-refractivity contribution in [1.82, 2.24) is 0 Å². The van der Waals surface area contributed by atoms with Crippen LogP contribution in [-0.4, -0.2) is 34.8 Å². The van der Waals surface area contributed by atoms with E-state index in [9.17, 15) is 9.00 Å². The second kappa shape index (κ2) is 6.35. The molecule has 1 rings (SSSR count). The van der Waals surface area contributed by atoms with Crippen molar-refractivity contribution in [3.8, 4) is 0 Å². The van der Waals surface area contributed by atoms with Crippen LogP contribution in [0.2, 0.25) is 0 Å². The van der Waals surface area contributed by atoms with Crippen LogP contribution in [0.5, 0.6) is 0 Å². The van der Waals surface area contributed by atoms with Gasteiger partial charge in [-0.1, -0.05) is 12.8 Å². The molecule has 0 bridgehead atoms. The van der Waals surface area contributed by atoms with E-state index in [4.69, 9.17) is 10.5 Å². The van der Waals surface area contributed by atoms with E-state index in [0.717, 1.165) is 18.8 Å². The molecule has 6 heteroatoms. The summed E-state index contributed by atoms with van der Waals surface area (Å²) in [6, 6.07) is -0.755. The highest BCUT2D eigenvalue weighted by Gasteiger charge is 2.21. The maximum atomic E-state index is 11.9. The highest BCUT2D eigenvalue weighted by atomic mass is 32.2. The molecule has 0 saturated heterocycles. The van der Waals surface area contributed by atoms with Gasteiger partial charge in [0.15, 0.2) is 0 Å². The minimum Gasteiger partial charge on any atom is -0.468 e. The molecule has 1 saturated carbocycles. The van der Waals surface area contributed by atoms with Crippen molar-refractivity contribution in [2.75, 3.05) is 18.6 Å². The first-order valence-corrected chi connectivity index (χ1v) is 7.92. The molecule has 2 atom stereocenters. The third-order valence-electron chi connectivity index (χ3n) is 3.05. The first kappa shape index (κ1) is 14.4. The van der Waals surface area contributed by atoms with Gasteiger partial charge in [-0.05, 0) is 25.2 Å². The number of nitrogens with one attached hydrogen (secondary N) is 1. The fourth-order valence-corrected chi connectivity index (χ4v) is 3.17. The van der Waals surface area contributed by atoms with Crippen molar-refractivity contribution in [3.05, 3.63) is 0 Å². The highest BCUT2D eigenvalue weighted by molar-refractivity contribution is 7.92. The van der Waals surface area contributed by atoms with Gasteiger partial charge in [-0.3, -0.25) is 9.57 Å². The molecule has 0 aromatic heterocycles. The van der Waals surface area contributed by atoms with E-state index in [1.807, 2.05) is 0 Å². The van der Waals surface area contributed by atoms with E-state index in [1.54, 1.807) is 0 Å². The number of ether oxygens (including phenoxy) is 1. The summed E-state index contributed by atoms with van der Waals surface area (Å²) in [7, 11) is -1.30. The third-order valence-corrected chi connectivity index (χ3v) is 4.89. The van der Waals surface area contributed by atoms with E-state index in [2.05, 4.69) is 4.74 Å². The summed E-state index contributed by atoms with van der Waals surface area (Å²) in [4.78, 5) is 11.0. The zero-order valence-corrected chi connectivity index (χ0v) is 11.1. The van der Waals surface area contributed by atoms with Crippen LogP contribution in [0.3, 0.4) is 0 Å². The van der Waals surface area contributed by atoms with Crippen molar-refractivity contribution >= 4 is 15.7 Å². The number of methoxy groups -OCH3 is 1. The van der Waals surface area contributed by atoms with E-state index in [-0.39, 0.29) is 12.2 Å². The largest absolute Gasteiger partial charge is 0.468 e. The molecular weight excluding hydrogens is 240 g/mol. The summed E-state index contributed by atoms with van der Waals surface area (Å²) < 4.78 is 24.0. The Morgan fingerprint density at radius 3 is 2.71 bits per heavy atom. The lowest BCUT2D eigenvalue weighted by atomic mass is 10.2. The summed E-state index contributed by atoms with van der Waals surface area (Å²) >= 11 is 0. The van der Waals surface area contributed by atoms with Gasteiger partial charge in [-0.25, -0.2) is 4.21 Å². The molecule has 17 heavy (non-hydrogen) atoms. The van der Waals surface area contributed by atoms with Crippen molar-refractivity contribution in [1.29, 1.82) is 4.78 Å². The van der Waals surface area contributed by atoms with Gasteiger partial charge in [-0.2, -0.15) is 0 Å². The monoisotopic (exact) mass is 262 g/mol. The van der Waals surface area contributed by atoms with Gasteiger partial charge in [0.1, 0.15) is 6.04 Å². The molecule has 0 radical (unpaired) electrons. The van der Waals surface area contributed by atoms with Gasteiger partial charge < -0.3 is 10.5 Å². The highest BCUT2D eigenvalue weighted by Crippen LogP contribution is 2.33. The van der Waals surface area contributed by atoms with Crippen LogP contribution in [0.1, 0.15) is 32.1 Å². The lowest BCUT2D eigenvalue weighted by Crippen LogP contribution is -2.33. The SMILES string of the molecule is COC(=O)[C@@H](N)CCS(=N)(=O)CCCC1CC1. The zero-order chi connectivity index (χ0) is 12.9. The Balaban J connectivity index is 2.20. The molecular formula is C11H22N2O3S. The lowest BCUT2D eigenvalue weighted by molar-refractivity contribution is -0.142. The van der Waals surface area contributed by atoms with Gasteiger partial charge >= 0.3 is 5.97 Å². The number of carbonyl (C=O) groups excluding carboxylic acids is 1. The van der Waals surface area contributed by atoms with Gasteiger partial charge in [0.25, 0.3) is 0 Å². The number of hydrogen-bond acceptors (Lipinski definition) is 5. The molecule has 0 aliphatic heterocycles. The fraction of sp³-hybridized carbons (Fsp3) is 0.909. The van der Waals surface area contributed by atoms with Crippen LogP contribution in [0, 0.1) is 10.7 Å². The van der Waals surface area contributed by atoms with Crippen molar-refractivity contribution in [2.24, 2.45) is 11.7 Å². The Morgan fingerprint density at radius 1 is 1.53 bits per heavy atom. The molecule has 0 amide bonds. The quantitative estimate of drug-likeness (QED) is 0.641. The Morgan fingerprint density at radius 2 is 2.18 bits per heavy atom. The second-order valence-electron chi connectivity index (χ2n) is 4.72. The second-order valence-corrected chi connectivity index (χ2v) is 7.16. The number of carbonyl (C=O) groups is 1. The molecule has 1 aliphatic rings. The van der Waals surface area contributed by atoms with E-state index in [0.29, 0.717) is 5.75 Å². The number of esters is 1. The maximum absolute atomic E-state index is 11.9. The van der Waals surface area contributed by atoms with Crippen LogP contribution in [0.4, 0.5) is 0 Å². The molecule has 5 nitrogen and oxygen atoms in total. The first-order chi connectivity index (χ1) is 7.94. The van der Waals surface area contributed by atoms with Crippen LogP contribution < -0.4 is 5.73 Å². The molecule has 1 aliphatic carbocycles. The third kappa shape index (κ3) is 6.02. The molecule has 3 N–H and O–H groups in total. The van der Waals surface area contributed by atoms with Gasteiger partial charge in [0, 0.05) is 21.2 Å². The summed E-state index contributed by atoms with van der Waals surface area (Å²) in [6.07, 6.45) is 4.76. The van der Waals surface area contributed by atoms with Gasteiger partial charge in [0.2, 0.25) is 0 Å². The Kier molecular flexibility index (Phi) is 5.39. The standard InChI is InChI=1S/C11H22N2O3S/c1-16-11(14)10(12)6-8-17(13,15)7-2-3-9-4-5-9/h9-10,13H,2-8,12H2,1H3/t10-,17?/m0/s1. The predicted octanol–water partition coefficient (Wildman–Crippen LogP) is 1.11. The van der Waals surface area contributed by atoms with Crippen LogP contribution in [-0.2, 0) is 19.3 Å². The normalized spacial score (nSPS) is 20.6. The van der Waals surface area contributed by atoms with Gasteiger partial charge in [-0.15, -0.1) is 0 Å².